The van der Waals surface area contributed by atoms with Gasteiger partial charge in [-0.05, 0) is 57.2 Å². The molecule has 0 aliphatic carbocycles. The molecule has 0 saturated carbocycles. The standard InChI is InChI=1S/C34H56N2O6Si/c1-7-8-9-12-17-28(18-13-10-11-16-27(3)32(35)37)42-34(39)30-23-26(2)24-36(30)33(38)29-19-14-15-20-31(29)41-25-40-21-22-43(4,5)6/h14-15,19-20,24,27-28,30H,7-13,16-18,21-23,25H2,1-6H3,(H2,35,37)/t27-,28-,30+/m1/s1. The van der Waals surface area contributed by atoms with Crippen LogP contribution >= 0.6 is 0 Å². The number of primary amides is 1. The lowest BCUT2D eigenvalue weighted by Crippen LogP contribution is -2.41. The summed E-state index contributed by atoms with van der Waals surface area (Å²) in [5, 5.41) is 0. The molecule has 8 nitrogen and oxygen atoms in total. The molecule has 0 fully saturated rings. The van der Waals surface area contributed by atoms with Gasteiger partial charge in [0.2, 0.25) is 5.91 Å². The zero-order valence-electron chi connectivity index (χ0n) is 27.5. The molecule has 43 heavy (non-hydrogen) atoms. The number of carbonyl (C=O) groups is 3. The Labute approximate surface area is 260 Å². The number of nitrogens with two attached hydrogens (primary N) is 1. The van der Waals surface area contributed by atoms with Gasteiger partial charge in [-0.15, -0.1) is 0 Å². The number of rotatable bonds is 21. The third kappa shape index (κ3) is 13.7. The Balaban J connectivity index is 2.02. The lowest BCUT2D eigenvalue weighted by atomic mass is 9.99. The van der Waals surface area contributed by atoms with E-state index in [1.165, 1.54) is 4.90 Å². The zero-order valence-corrected chi connectivity index (χ0v) is 28.5. The molecule has 1 aliphatic rings. The first-order valence-electron chi connectivity index (χ1n) is 16.2. The number of esters is 1. The maximum absolute atomic E-state index is 13.8. The summed E-state index contributed by atoms with van der Waals surface area (Å²) in [6.45, 7) is 13.5. The van der Waals surface area contributed by atoms with Crippen molar-refractivity contribution in [2.24, 2.45) is 11.7 Å². The molecule has 242 valence electrons. The fourth-order valence-electron chi connectivity index (χ4n) is 5.08. The molecule has 2 amide bonds. The second kappa shape index (κ2) is 18.9. The molecule has 1 aromatic rings. The number of hydrogen-bond acceptors (Lipinski definition) is 6. The van der Waals surface area contributed by atoms with Crippen molar-refractivity contribution < 1.29 is 28.6 Å². The third-order valence-corrected chi connectivity index (χ3v) is 9.64. The number of unbranched alkanes of at least 4 members (excludes halogenated alkanes) is 5. The van der Waals surface area contributed by atoms with E-state index in [9.17, 15) is 14.4 Å². The summed E-state index contributed by atoms with van der Waals surface area (Å²) >= 11 is 0. The lowest BCUT2D eigenvalue weighted by Gasteiger charge is -2.26. The van der Waals surface area contributed by atoms with Crippen molar-refractivity contribution in [2.75, 3.05) is 13.4 Å². The molecule has 0 aromatic heterocycles. The maximum Gasteiger partial charge on any atom is 0.329 e. The van der Waals surface area contributed by atoms with Crippen molar-refractivity contribution in [3.63, 3.8) is 0 Å². The fraction of sp³-hybridized carbons (Fsp3) is 0.676. The molecule has 2 rings (SSSR count). The predicted octanol–water partition coefficient (Wildman–Crippen LogP) is 7.45. The zero-order chi connectivity index (χ0) is 31.8. The maximum atomic E-state index is 13.8. The first-order chi connectivity index (χ1) is 20.4. The van der Waals surface area contributed by atoms with E-state index >= 15 is 0 Å². The second-order valence-corrected chi connectivity index (χ2v) is 18.9. The molecule has 2 N–H and O–H groups in total. The third-order valence-electron chi connectivity index (χ3n) is 7.94. The van der Waals surface area contributed by atoms with Gasteiger partial charge < -0.3 is 24.8 Å². The highest BCUT2D eigenvalue weighted by Gasteiger charge is 2.37. The van der Waals surface area contributed by atoms with Gasteiger partial charge in [0.15, 0.2) is 6.79 Å². The highest BCUT2D eigenvalue weighted by molar-refractivity contribution is 6.76. The summed E-state index contributed by atoms with van der Waals surface area (Å²) < 4.78 is 17.7. The van der Waals surface area contributed by atoms with Gasteiger partial charge in [0.25, 0.3) is 5.91 Å². The molecule has 1 aliphatic heterocycles. The molecule has 0 radical (unpaired) electrons. The first kappa shape index (κ1) is 36.5. The van der Waals surface area contributed by atoms with Crippen LogP contribution in [-0.2, 0) is 19.1 Å². The van der Waals surface area contributed by atoms with E-state index in [0.717, 1.165) is 75.8 Å². The van der Waals surface area contributed by atoms with Gasteiger partial charge in [0.1, 0.15) is 17.9 Å². The van der Waals surface area contributed by atoms with E-state index in [0.29, 0.717) is 24.3 Å². The van der Waals surface area contributed by atoms with Crippen LogP contribution in [0, 0.1) is 5.92 Å². The molecule has 0 saturated heterocycles. The highest BCUT2D eigenvalue weighted by Crippen LogP contribution is 2.29. The monoisotopic (exact) mass is 616 g/mol. The molecule has 1 heterocycles. The van der Waals surface area contributed by atoms with Crippen LogP contribution < -0.4 is 10.5 Å². The highest BCUT2D eigenvalue weighted by atomic mass is 28.3. The molecule has 0 spiro atoms. The smallest absolute Gasteiger partial charge is 0.329 e. The summed E-state index contributed by atoms with van der Waals surface area (Å²) in [6.07, 6.45) is 11.5. The Morgan fingerprint density at radius 1 is 1.00 bits per heavy atom. The van der Waals surface area contributed by atoms with E-state index < -0.39 is 14.1 Å². The molecular weight excluding hydrogens is 560 g/mol. The number of hydrogen-bond donors (Lipinski definition) is 1. The Morgan fingerprint density at radius 3 is 2.30 bits per heavy atom. The minimum absolute atomic E-state index is 0.0657. The summed E-state index contributed by atoms with van der Waals surface area (Å²) in [7, 11) is -1.21. The Hall–Kier alpha value is -2.65. The van der Waals surface area contributed by atoms with Crippen LogP contribution in [0.4, 0.5) is 0 Å². The van der Waals surface area contributed by atoms with Crippen molar-refractivity contribution in [3.05, 3.63) is 41.6 Å². The second-order valence-electron chi connectivity index (χ2n) is 13.2. The van der Waals surface area contributed by atoms with E-state index in [1.54, 1.807) is 24.4 Å². The van der Waals surface area contributed by atoms with Crippen LogP contribution in [0.15, 0.2) is 36.0 Å². The first-order valence-corrected chi connectivity index (χ1v) is 19.9. The van der Waals surface area contributed by atoms with Crippen LogP contribution in [0.1, 0.15) is 102 Å². The average Bonchev–Trinajstić information content (AvgIpc) is 3.35. The lowest BCUT2D eigenvalue weighted by molar-refractivity contribution is -0.154. The van der Waals surface area contributed by atoms with Crippen molar-refractivity contribution in [1.82, 2.24) is 4.90 Å². The van der Waals surface area contributed by atoms with Crippen molar-refractivity contribution >= 4 is 25.9 Å². The van der Waals surface area contributed by atoms with Gasteiger partial charge in [-0.1, -0.05) is 83.3 Å². The molecule has 9 heteroatoms. The van der Waals surface area contributed by atoms with E-state index in [2.05, 4.69) is 26.6 Å². The topological polar surface area (TPSA) is 108 Å². The number of nitrogens with zero attached hydrogens (tertiary/aromatic N) is 1. The van der Waals surface area contributed by atoms with Crippen molar-refractivity contribution in [2.45, 2.75) is 129 Å². The van der Waals surface area contributed by atoms with Crippen molar-refractivity contribution in [3.8, 4) is 5.75 Å². The molecule has 1 aromatic carbocycles. The van der Waals surface area contributed by atoms with Crippen LogP contribution in [0.3, 0.4) is 0 Å². The van der Waals surface area contributed by atoms with Gasteiger partial charge in [0.05, 0.1) is 5.56 Å². The molecule has 3 atom stereocenters. The largest absolute Gasteiger partial charge is 0.467 e. The minimum atomic E-state index is -1.21. The quantitative estimate of drug-likeness (QED) is 0.0665. The van der Waals surface area contributed by atoms with E-state index in [-0.39, 0.29) is 36.6 Å². The van der Waals surface area contributed by atoms with Gasteiger partial charge in [-0.25, -0.2) is 4.79 Å². The molecule has 0 unspecified atom stereocenters. The summed E-state index contributed by atoms with van der Waals surface area (Å²) in [5.41, 5.74) is 6.73. The number of benzene rings is 1. The van der Waals surface area contributed by atoms with Crippen molar-refractivity contribution in [1.29, 1.82) is 0 Å². The fourth-order valence-corrected chi connectivity index (χ4v) is 5.83. The molecular formula is C34H56N2O6Si. The Kier molecular flexibility index (Phi) is 16.0. The van der Waals surface area contributed by atoms with Gasteiger partial charge in [0, 0.05) is 33.2 Å². The van der Waals surface area contributed by atoms with Crippen LogP contribution in [0.25, 0.3) is 0 Å². The van der Waals surface area contributed by atoms with Crippen LogP contribution in [0.2, 0.25) is 25.7 Å². The average molecular weight is 617 g/mol. The van der Waals surface area contributed by atoms with Crippen LogP contribution in [0.5, 0.6) is 5.75 Å². The summed E-state index contributed by atoms with van der Waals surface area (Å²) in [5.74, 6) is -0.605. The number of para-hydroxylation sites is 1. The SMILES string of the molecule is CCCCCC[C@H](CCCCC[C@@H](C)C(N)=O)OC(=O)[C@@H]1CC(C)=CN1C(=O)c1ccccc1OCOCC[Si](C)(C)C. The Bertz CT molecular complexity index is 1050. The summed E-state index contributed by atoms with van der Waals surface area (Å²) in [4.78, 5) is 40.1. The number of ether oxygens (including phenoxy) is 3. The number of carbonyl (C=O) groups excluding carboxylic acids is 3. The van der Waals surface area contributed by atoms with Gasteiger partial charge in [-0.3, -0.25) is 9.59 Å². The Morgan fingerprint density at radius 2 is 1.65 bits per heavy atom. The van der Waals surface area contributed by atoms with E-state index in [4.69, 9.17) is 19.9 Å². The molecule has 0 bridgehead atoms. The number of amides is 2. The van der Waals surface area contributed by atoms with E-state index in [1.807, 2.05) is 19.9 Å². The minimum Gasteiger partial charge on any atom is -0.467 e. The van der Waals surface area contributed by atoms with Gasteiger partial charge in [-0.2, -0.15) is 0 Å². The normalized spacial score (nSPS) is 16.5. The summed E-state index contributed by atoms with van der Waals surface area (Å²) in [6, 6.07) is 7.42. The predicted molar refractivity (Wildman–Crippen MR) is 174 cm³/mol. The van der Waals surface area contributed by atoms with Gasteiger partial charge >= 0.3 is 5.97 Å². The van der Waals surface area contributed by atoms with Crippen LogP contribution in [-0.4, -0.2) is 56.3 Å².